The molecule has 0 aliphatic carbocycles. The third-order valence-corrected chi connectivity index (χ3v) is 12.1. The minimum atomic E-state index is -5.87. The molecular formula is C59H52F6N6O4. The summed E-state index contributed by atoms with van der Waals surface area (Å²) in [6, 6.07) is 54.4. The van der Waals surface area contributed by atoms with Gasteiger partial charge in [-0.3, -0.25) is 0 Å². The Kier molecular flexibility index (Phi) is 17.1. The van der Waals surface area contributed by atoms with Crippen molar-refractivity contribution in [2.45, 2.75) is 43.5 Å². The fourth-order valence-corrected chi connectivity index (χ4v) is 8.11. The Morgan fingerprint density at radius 3 is 0.933 bits per heavy atom. The maximum absolute atomic E-state index is 15.0. The Bertz CT molecular complexity index is 2920. The number of halogens is 6. The van der Waals surface area contributed by atoms with E-state index < -0.39 is 40.3 Å². The summed E-state index contributed by atoms with van der Waals surface area (Å²) in [6.07, 6.45) is -9.78. The van der Waals surface area contributed by atoms with Gasteiger partial charge in [0.25, 0.3) is 0 Å². The van der Waals surface area contributed by atoms with Crippen molar-refractivity contribution in [3.05, 3.63) is 205 Å². The van der Waals surface area contributed by atoms with Gasteiger partial charge in [0, 0.05) is 0 Å². The summed E-state index contributed by atoms with van der Waals surface area (Å²) >= 11 is 0. The number of azo groups is 2. The molecule has 8 aromatic carbocycles. The largest absolute Gasteiger partial charge is 0.494 e. The summed E-state index contributed by atoms with van der Waals surface area (Å²) in [6.45, 7) is 0.769. The summed E-state index contributed by atoms with van der Waals surface area (Å²) in [5.41, 5.74) is 11.6. The highest BCUT2D eigenvalue weighted by molar-refractivity contribution is 5.67. The molecule has 0 amide bonds. The van der Waals surface area contributed by atoms with E-state index in [4.69, 9.17) is 30.4 Å². The van der Waals surface area contributed by atoms with Crippen LogP contribution in [0, 0.1) is 0 Å². The molecule has 0 spiro atoms. The summed E-state index contributed by atoms with van der Waals surface area (Å²) < 4.78 is 113. The van der Waals surface area contributed by atoms with Gasteiger partial charge in [-0.1, -0.05) is 97.1 Å². The quantitative estimate of drug-likeness (QED) is 0.0300. The molecule has 0 unspecified atom stereocenters. The Balaban J connectivity index is 0.779. The second kappa shape index (κ2) is 24.4. The molecule has 0 aliphatic rings. The molecule has 0 radical (unpaired) electrons. The molecule has 0 aliphatic heterocycles. The number of nitrogen functional groups attached to an aromatic ring is 2. The number of nitrogens with two attached hydrogens (primary N) is 2. The second-order valence-electron chi connectivity index (χ2n) is 17.3. The predicted molar refractivity (Wildman–Crippen MR) is 280 cm³/mol. The summed E-state index contributed by atoms with van der Waals surface area (Å²) in [5.74, 6) is 1.06. The lowest BCUT2D eigenvalue weighted by Crippen LogP contribution is -2.54. The summed E-state index contributed by atoms with van der Waals surface area (Å²) in [5, 5.41) is 17.2. The van der Waals surface area contributed by atoms with Crippen molar-refractivity contribution >= 4 is 34.1 Å². The lowest BCUT2D eigenvalue weighted by Gasteiger charge is -2.38. The SMILES string of the molecule is Nc1cc(C(c2ccc(OCCCCOc3ccc(N=Nc4ccc(-c5ccccc5)cc4)cc3)c(N)c2)(C(F)(F)F)C(F)(F)F)ccc1OCCCCOc1ccc(N=Nc2ccc(-c3ccccc3)cc2)cc1. The van der Waals surface area contributed by atoms with Crippen LogP contribution in [0.2, 0.25) is 0 Å². The van der Waals surface area contributed by atoms with Crippen molar-refractivity contribution in [3.63, 3.8) is 0 Å². The number of benzene rings is 8. The lowest BCUT2D eigenvalue weighted by atomic mass is 9.72. The van der Waals surface area contributed by atoms with Gasteiger partial charge < -0.3 is 30.4 Å². The first-order valence-corrected chi connectivity index (χ1v) is 24.1. The molecule has 8 aromatic rings. The van der Waals surface area contributed by atoms with Crippen LogP contribution < -0.4 is 30.4 Å². The van der Waals surface area contributed by atoms with Gasteiger partial charge in [0.15, 0.2) is 0 Å². The zero-order valence-electron chi connectivity index (χ0n) is 40.5. The number of ether oxygens (including phenoxy) is 4. The molecule has 0 bridgehead atoms. The molecule has 0 saturated heterocycles. The fourth-order valence-electron chi connectivity index (χ4n) is 8.11. The molecule has 0 heterocycles. The number of hydrogen-bond acceptors (Lipinski definition) is 10. The first-order valence-electron chi connectivity index (χ1n) is 24.1. The molecule has 16 heteroatoms. The smallest absolute Gasteiger partial charge is 0.411 e. The van der Waals surface area contributed by atoms with Gasteiger partial charge in [-0.2, -0.15) is 46.8 Å². The van der Waals surface area contributed by atoms with E-state index in [1.54, 1.807) is 48.5 Å². The average molecular weight is 1020 g/mol. The molecular weight excluding hydrogens is 971 g/mol. The zero-order chi connectivity index (χ0) is 52.7. The van der Waals surface area contributed by atoms with Gasteiger partial charge >= 0.3 is 12.4 Å². The second-order valence-corrected chi connectivity index (χ2v) is 17.3. The van der Waals surface area contributed by atoms with Crippen molar-refractivity contribution in [2.24, 2.45) is 20.5 Å². The van der Waals surface area contributed by atoms with E-state index in [1.807, 2.05) is 109 Å². The highest BCUT2D eigenvalue weighted by atomic mass is 19.4. The van der Waals surface area contributed by atoms with Gasteiger partial charge in [-0.25, -0.2) is 0 Å². The van der Waals surface area contributed by atoms with Gasteiger partial charge in [-0.15, -0.1) is 0 Å². The first kappa shape index (κ1) is 52.7. The summed E-state index contributed by atoms with van der Waals surface area (Å²) in [7, 11) is 0. The Hall–Kier alpha value is -8.66. The Morgan fingerprint density at radius 2 is 0.627 bits per heavy atom. The van der Waals surface area contributed by atoms with Crippen LogP contribution in [0.15, 0.2) is 215 Å². The van der Waals surface area contributed by atoms with Crippen LogP contribution in [-0.2, 0) is 5.41 Å². The zero-order valence-corrected chi connectivity index (χ0v) is 40.5. The molecule has 75 heavy (non-hydrogen) atoms. The van der Waals surface area contributed by atoms with Gasteiger partial charge in [0.2, 0.25) is 5.41 Å². The molecule has 10 nitrogen and oxygen atoms in total. The van der Waals surface area contributed by atoms with E-state index in [-0.39, 0.29) is 24.7 Å². The van der Waals surface area contributed by atoms with E-state index in [2.05, 4.69) is 20.5 Å². The number of alkyl halides is 6. The van der Waals surface area contributed by atoms with E-state index in [0.29, 0.717) is 85.3 Å². The maximum Gasteiger partial charge on any atom is 0.411 e. The third-order valence-electron chi connectivity index (χ3n) is 12.1. The van der Waals surface area contributed by atoms with Crippen LogP contribution in [0.1, 0.15) is 36.8 Å². The topological polar surface area (TPSA) is 138 Å². The number of anilines is 2. The minimum absolute atomic E-state index is 0.0681. The van der Waals surface area contributed by atoms with Gasteiger partial charge in [0.05, 0.1) is 60.6 Å². The highest BCUT2D eigenvalue weighted by Gasteiger charge is 2.72. The van der Waals surface area contributed by atoms with E-state index in [0.717, 1.165) is 46.5 Å². The highest BCUT2D eigenvalue weighted by Crippen LogP contribution is 2.57. The van der Waals surface area contributed by atoms with E-state index in [9.17, 15) is 0 Å². The monoisotopic (exact) mass is 1020 g/mol. The third kappa shape index (κ3) is 13.5. The molecule has 0 fully saturated rings. The van der Waals surface area contributed by atoms with Crippen LogP contribution >= 0.6 is 0 Å². The van der Waals surface area contributed by atoms with Crippen molar-refractivity contribution in [2.75, 3.05) is 37.9 Å². The van der Waals surface area contributed by atoms with Crippen LogP contribution in [0.25, 0.3) is 22.3 Å². The average Bonchev–Trinajstić information content (AvgIpc) is 3.41. The van der Waals surface area contributed by atoms with Crippen molar-refractivity contribution in [1.82, 2.24) is 0 Å². The lowest BCUT2D eigenvalue weighted by molar-refractivity contribution is -0.288. The van der Waals surface area contributed by atoms with Crippen LogP contribution in [0.5, 0.6) is 23.0 Å². The van der Waals surface area contributed by atoms with Crippen molar-refractivity contribution in [1.29, 1.82) is 0 Å². The van der Waals surface area contributed by atoms with Crippen molar-refractivity contribution < 1.29 is 45.3 Å². The molecule has 0 aromatic heterocycles. The fraction of sp³-hybridized carbons (Fsp3) is 0.186. The van der Waals surface area contributed by atoms with E-state index in [1.165, 1.54) is 0 Å². The maximum atomic E-state index is 15.0. The van der Waals surface area contributed by atoms with E-state index >= 15 is 26.3 Å². The molecule has 8 rings (SSSR count). The molecule has 0 saturated carbocycles. The molecule has 0 atom stereocenters. The summed E-state index contributed by atoms with van der Waals surface area (Å²) in [4.78, 5) is 0. The number of nitrogens with zero attached hydrogens (tertiary/aromatic N) is 4. The van der Waals surface area contributed by atoms with Gasteiger partial charge in [0.1, 0.15) is 23.0 Å². The molecule has 384 valence electrons. The minimum Gasteiger partial charge on any atom is -0.494 e. The number of rotatable bonds is 22. The Morgan fingerprint density at radius 1 is 0.333 bits per heavy atom. The number of unbranched alkanes of at least 4 members (excludes halogenated alkanes) is 2. The molecule has 4 N–H and O–H groups in total. The number of hydrogen-bond donors (Lipinski definition) is 2. The van der Waals surface area contributed by atoms with Crippen LogP contribution in [0.3, 0.4) is 0 Å². The predicted octanol–water partition coefficient (Wildman–Crippen LogP) is 16.9. The first-order chi connectivity index (χ1) is 36.3. The van der Waals surface area contributed by atoms with Crippen LogP contribution in [-0.4, -0.2) is 38.8 Å². The standard InChI is InChI=1S/C59H52F6N6O4/c60-58(61,62)57(59(63,64)65,45-19-33-55(53(66)39-45)74-37-9-7-35-72-51-29-25-49(26-30-51)70-68-47-21-15-43(16-22-47)41-11-3-1-4-12-41)46-20-34-56(54(67)40-46)75-38-10-8-36-73-52-31-27-50(28-32-52)71-69-48-23-17-44(18-24-48)42-13-5-2-6-14-42/h1-6,11-34,39-40H,7-10,35-38,66-67H2. The normalized spacial score (nSPS) is 12.0. The Labute approximate surface area is 430 Å². The van der Waals surface area contributed by atoms with Crippen molar-refractivity contribution in [3.8, 4) is 45.3 Å². The van der Waals surface area contributed by atoms with Gasteiger partial charge in [-0.05, 0) is 156 Å². The van der Waals surface area contributed by atoms with Crippen LogP contribution in [0.4, 0.5) is 60.5 Å².